The van der Waals surface area contributed by atoms with E-state index in [1.807, 2.05) is 0 Å². The lowest BCUT2D eigenvalue weighted by atomic mass is 11.7. The summed E-state index contributed by atoms with van der Waals surface area (Å²) in [5.74, 6) is 0. The minimum absolute atomic E-state index is 0.854. The van der Waals surface area contributed by atoms with Crippen LogP contribution in [0.4, 0.5) is 12.3 Å². The Balaban J connectivity index is 5.02. The highest BCUT2D eigenvalue weighted by atomic mass is 28.5. The van der Waals surface area contributed by atoms with Gasteiger partial charge in [0.1, 0.15) is 0 Å². The predicted octanol–water partition coefficient (Wildman–Crippen LogP) is 3.96. The van der Waals surface area contributed by atoms with Crippen molar-refractivity contribution in [1.29, 1.82) is 0 Å². The first-order valence-electron chi connectivity index (χ1n) is 4.43. The van der Waals surface area contributed by atoms with Crippen LogP contribution < -0.4 is 0 Å². The lowest BCUT2D eigenvalue weighted by Gasteiger charge is -2.36. The van der Waals surface area contributed by atoms with Crippen molar-refractivity contribution in [1.82, 2.24) is 0 Å². The van der Waals surface area contributed by atoms with E-state index >= 15 is 0 Å². The van der Waals surface area contributed by atoms with Gasteiger partial charge in [-0.15, -0.1) is 0 Å². The fraction of sp³-hybridized carbons (Fsp3) is 1.00. The van der Waals surface area contributed by atoms with Gasteiger partial charge in [-0.2, -0.15) is 0 Å². The maximum Gasteiger partial charge on any atom is 0.243 e. The smallest absolute Gasteiger partial charge is 0.243 e. The largest absolute Gasteiger partial charge is 0.315 e. The van der Waals surface area contributed by atoms with Crippen molar-refractivity contribution < 1.29 is 12.3 Å². The Labute approximate surface area is 82.1 Å². The van der Waals surface area contributed by atoms with Gasteiger partial charge in [0, 0.05) is 4.79 Å². The van der Waals surface area contributed by atoms with Crippen LogP contribution in [0, 0.1) is 0 Å². The lowest BCUT2D eigenvalue weighted by molar-refractivity contribution is 0.715. The van der Waals surface area contributed by atoms with Crippen molar-refractivity contribution in [3.8, 4) is 0 Å². The molecule has 0 spiro atoms. The molecule has 0 nitrogen and oxygen atoms in total. The van der Waals surface area contributed by atoms with Crippen molar-refractivity contribution >= 4 is 25.2 Å². The molecule has 0 atom stereocenters. The molecule has 0 aromatic rings. The fourth-order valence-corrected chi connectivity index (χ4v) is 22.0. The Bertz CT molecular complexity index is 142. The fourth-order valence-electron chi connectivity index (χ4n) is 2.45. The molecule has 0 radical (unpaired) electrons. The normalized spacial score (nSPS) is 15.2. The standard InChI is InChI=1S/C7H19F3Si3/c1-11(2,8)7(12(3,4)9)13(5,6)10/h7H,1-6H3. The number of halogens is 3. The summed E-state index contributed by atoms with van der Waals surface area (Å²) in [5.41, 5.74) is 0. The molecule has 0 heterocycles. The summed E-state index contributed by atoms with van der Waals surface area (Å²) < 4.78 is 41.3. The van der Waals surface area contributed by atoms with Gasteiger partial charge in [0.25, 0.3) is 0 Å². The number of hydrogen-bond acceptors (Lipinski definition) is 0. The third-order valence-electron chi connectivity index (χ3n) is 2.06. The highest BCUT2D eigenvalue weighted by Gasteiger charge is 2.56. The van der Waals surface area contributed by atoms with Crippen LogP contribution in [-0.2, 0) is 0 Å². The van der Waals surface area contributed by atoms with Gasteiger partial charge in [-0.25, -0.2) is 0 Å². The highest BCUT2D eigenvalue weighted by molar-refractivity contribution is 7.07. The molecule has 0 rings (SSSR count). The summed E-state index contributed by atoms with van der Waals surface area (Å²) in [7, 11) is -9.55. The second-order valence-electron chi connectivity index (χ2n) is 5.13. The van der Waals surface area contributed by atoms with Crippen molar-refractivity contribution in [3.63, 3.8) is 0 Å². The monoisotopic (exact) mass is 244 g/mol. The van der Waals surface area contributed by atoms with Crippen LogP contribution in [-0.4, -0.2) is 25.2 Å². The van der Waals surface area contributed by atoms with Crippen molar-refractivity contribution in [2.24, 2.45) is 0 Å². The summed E-state index contributed by atoms with van der Waals surface area (Å²) >= 11 is 0. The van der Waals surface area contributed by atoms with E-state index in [-0.39, 0.29) is 0 Å². The summed E-state index contributed by atoms with van der Waals surface area (Å²) in [6.07, 6.45) is 0. The molecule has 0 amide bonds. The summed E-state index contributed by atoms with van der Waals surface area (Å²) in [6.45, 7) is 8.50. The van der Waals surface area contributed by atoms with E-state index in [0.29, 0.717) is 0 Å². The van der Waals surface area contributed by atoms with Gasteiger partial charge in [0.05, 0.1) is 0 Å². The van der Waals surface area contributed by atoms with Crippen molar-refractivity contribution in [2.75, 3.05) is 0 Å². The SMILES string of the molecule is C[Si](C)(F)C([Si](C)(C)F)[Si](C)(C)F. The number of rotatable bonds is 3. The van der Waals surface area contributed by atoms with Gasteiger partial charge in [-0.3, -0.25) is 0 Å². The predicted molar refractivity (Wildman–Crippen MR) is 59.5 cm³/mol. The molecule has 0 aliphatic carbocycles. The first kappa shape index (κ1) is 13.4. The molecule has 0 saturated heterocycles. The molecule has 0 fully saturated rings. The molecule has 0 aliphatic heterocycles. The number of hydrogen-bond donors (Lipinski definition) is 0. The zero-order chi connectivity index (χ0) is 11.1. The van der Waals surface area contributed by atoms with E-state index in [4.69, 9.17) is 0 Å². The summed E-state index contributed by atoms with van der Waals surface area (Å²) in [6, 6.07) is 0. The average molecular weight is 244 g/mol. The van der Waals surface area contributed by atoms with Crippen molar-refractivity contribution in [3.05, 3.63) is 0 Å². The second-order valence-corrected chi connectivity index (χ2v) is 18.0. The van der Waals surface area contributed by atoms with E-state index in [9.17, 15) is 12.3 Å². The van der Waals surface area contributed by atoms with Crippen LogP contribution in [0.15, 0.2) is 0 Å². The van der Waals surface area contributed by atoms with Crippen LogP contribution in [0.2, 0.25) is 44.1 Å². The van der Waals surface area contributed by atoms with E-state index in [2.05, 4.69) is 0 Å². The zero-order valence-corrected chi connectivity index (χ0v) is 12.2. The Morgan fingerprint density at radius 3 is 0.769 bits per heavy atom. The van der Waals surface area contributed by atoms with E-state index < -0.39 is 30.0 Å². The third-order valence-corrected chi connectivity index (χ3v) is 18.5. The molecule has 0 bridgehead atoms. The molecule has 80 valence electrons. The van der Waals surface area contributed by atoms with Gasteiger partial charge < -0.3 is 12.3 Å². The quantitative estimate of drug-likeness (QED) is 0.521. The second kappa shape index (κ2) is 3.54. The summed E-state index contributed by atoms with van der Waals surface area (Å²) in [4.78, 5) is -0.854. The van der Waals surface area contributed by atoms with E-state index in [1.165, 1.54) is 39.3 Å². The minimum atomic E-state index is -3.18. The van der Waals surface area contributed by atoms with Crippen LogP contribution in [0.25, 0.3) is 0 Å². The van der Waals surface area contributed by atoms with Gasteiger partial charge in [0.15, 0.2) is 0 Å². The molecular weight excluding hydrogens is 225 g/mol. The van der Waals surface area contributed by atoms with Gasteiger partial charge >= 0.3 is 0 Å². The maximum absolute atomic E-state index is 13.8. The molecule has 0 aromatic heterocycles. The Morgan fingerprint density at radius 1 is 0.615 bits per heavy atom. The average Bonchev–Trinajstić information content (AvgIpc) is 1.44. The van der Waals surface area contributed by atoms with Crippen LogP contribution in [0.5, 0.6) is 0 Å². The maximum atomic E-state index is 13.8. The van der Waals surface area contributed by atoms with Crippen molar-refractivity contribution in [2.45, 2.75) is 44.1 Å². The van der Waals surface area contributed by atoms with E-state index in [1.54, 1.807) is 0 Å². The third kappa shape index (κ3) is 3.99. The first-order chi connectivity index (χ1) is 5.37. The van der Waals surface area contributed by atoms with Crippen LogP contribution in [0.3, 0.4) is 0 Å². The van der Waals surface area contributed by atoms with Crippen LogP contribution >= 0.6 is 0 Å². The highest BCUT2D eigenvalue weighted by Crippen LogP contribution is 2.41. The van der Waals surface area contributed by atoms with E-state index in [0.717, 1.165) is 0 Å². The Kier molecular flexibility index (Phi) is 3.66. The molecule has 0 unspecified atom stereocenters. The Hall–Kier alpha value is 0.441. The Morgan fingerprint density at radius 2 is 0.769 bits per heavy atom. The molecular formula is C7H19F3Si3. The zero-order valence-electron chi connectivity index (χ0n) is 9.21. The van der Waals surface area contributed by atoms with Gasteiger partial charge in [0.2, 0.25) is 25.2 Å². The molecule has 0 saturated carbocycles. The summed E-state index contributed by atoms with van der Waals surface area (Å²) in [5, 5.41) is 0. The topological polar surface area (TPSA) is 0 Å². The van der Waals surface area contributed by atoms with Crippen LogP contribution in [0.1, 0.15) is 0 Å². The molecule has 0 aliphatic rings. The minimum Gasteiger partial charge on any atom is -0.315 e. The first-order valence-corrected chi connectivity index (χ1v) is 13.3. The van der Waals surface area contributed by atoms with Gasteiger partial charge in [-0.1, -0.05) is 0 Å². The lowest BCUT2D eigenvalue weighted by Crippen LogP contribution is -2.53. The molecule has 0 aromatic carbocycles. The van der Waals surface area contributed by atoms with Gasteiger partial charge in [-0.05, 0) is 39.3 Å². The molecule has 13 heavy (non-hydrogen) atoms. The molecule has 0 N–H and O–H groups in total. The molecule has 6 heteroatoms.